The van der Waals surface area contributed by atoms with Crippen LogP contribution in [0.2, 0.25) is 0 Å². The molecule has 0 bridgehead atoms. The lowest BCUT2D eigenvalue weighted by atomic mass is 10.1. The van der Waals surface area contributed by atoms with Crippen molar-refractivity contribution in [2.45, 2.75) is 19.5 Å². The van der Waals surface area contributed by atoms with E-state index in [0.717, 1.165) is 10.9 Å². The average Bonchev–Trinajstić information content (AvgIpc) is 2.75. The van der Waals surface area contributed by atoms with Gasteiger partial charge in [0.15, 0.2) is 0 Å². The van der Waals surface area contributed by atoms with Gasteiger partial charge < -0.3 is 25.0 Å². The van der Waals surface area contributed by atoms with Crippen LogP contribution in [-0.4, -0.2) is 41.3 Å². The number of benzene rings is 2. The highest BCUT2D eigenvalue weighted by molar-refractivity contribution is 5.80. The number of aliphatic hydroxyl groups excluding tert-OH is 1. The fourth-order valence-electron chi connectivity index (χ4n) is 3.08. The van der Waals surface area contributed by atoms with Crippen molar-refractivity contribution in [3.05, 3.63) is 76.1 Å². The number of urea groups is 1. The molecular weight excluding hydrogens is 370 g/mol. The van der Waals surface area contributed by atoms with Gasteiger partial charge in [0, 0.05) is 36.2 Å². The number of aromatic amines is 1. The lowest BCUT2D eigenvalue weighted by molar-refractivity contribution is 0.186. The molecule has 152 valence electrons. The number of nitrogens with zero attached hydrogens (tertiary/aromatic N) is 1. The number of fused-ring (bicyclic) bond motifs is 1. The van der Waals surface area contributed by atoms with Crippen molar-refractivity contribution in [3.8, 4) is 5.75 Å². The average molecular weight is 395 g/mol. The van der Waals surface area contributed by atoms with Crippen LogP contribution in [0.3, 0.4) is 0 Å². The maximum atomic E-state index is 12.7. The number of aliphatic hydroxyl groups is 1. The number of carbonyl (C=O) groups is 1. The highest BCUT2D eigenvalue weighted by Gasteiger charge is 2.16. The number of hydrogen-bond acceptors (Lipinski definition) is 4. The predicted molar refractivity (Wildman–Crippen MR) is 112 cm³/mol. The monoisotopic (exact) mass is 395 g/mol. The number of H-pyrrole nitrogens is 1. The number of rotatable bonds is 8. The van der Waals surface area contributed by atoms with E-state index in [1.165, 1.54) is 4.90 Å². The van der Waals surface area contributed by atoms with Crippen molar-refractivity contribution in [3.63, 3.8) is 0 Å². The molecule has 0 spiro atoms. The van der Waals surface area contributed by atoms with Gasteiger partial charge in [-0.2, -0.15) is 0 Å². The van der Waals surface area contributed by atoms with Gasteiger partial charge >= 0.3 is 6.03 Å². The molecule has 2 aromatic carbocycles. The molecule has 0 unspecified atom stereocenters. The van der Waals surface area contributed by atoms with Gasteiger partial charge in [-0.1, -0.05) is 30.3 Å². The predicted octanol–water partition coefficient (Wildman–Crippen LogP) is 2.63. The van der Waals surface area contributed by atoms with Crippen LogP contribution in [-0.2, 0) is 13.1 Å². The van der Waals surface area contributed by atoms with Crippen molar-refractivity contribution in [2.24, 2.45) is 0 Å². The lowest BCUT2D eigenvalue weighted by Crippen LogP contribution is -2.41. The van der Waals surface area contributed by atoms with Gasteiger partial charge in [-0.05, 0) is 36.2 Å². The van der Waals surface area contributed by atoms with Gasteiger partial charge in [-0.15, -0.1) is 0 Å². The van der Waals surface area contributed by atoms with Crippen LogP contribution in [0.5, 0.6) is 5.75 Å². The van der Waals surface area contributed by atoms with Crippen LogP contribution in [0.15, 0.2) is 59.4 Å². The minimum atomic E-state index is -0.285. The Hall–Kier alpha value is -3.32. The minimum Gasteiger partial charge on any atom is -0.497 e. The minimum absolute atomic E-state index is 0.0340. The van der Waals surface area contributed by atoms with Crippen LogP contribution in [0.25, 0.3) is 10.9 Å². The normalized spacial score (nSPS) is 10.7. The van der Waals surface area contributed by atoms with Gasteiger partial charge in [0.05, 0.1) is 13.7 Å². The van der Waals surface area contributed by atoms with E-state index in [2.05, 4.69) is 10.3 Å². The summed E-state index contributed by atoms with van der Waals surface area (Å²) in [5.41, 5.74) is 1.92. The molecule has 29 heavy (non-hydrogen) atoms. The molecule has 3 rings (SSSR count). The van der Waals surface area contributed by atoms with E-state index in [-0.39, 0.29) is 24.7 Å². The highest BCUT2D eigenvalue weighted by Crippen LogP contribution is 2.19. The third-order valence-corrected chi connectivity index (χ3v) is 4.65. The van der Waals surface area contributed by atoms with Crippen molar-refractivity contribution in [2.75, 3.05) is 20.3 Å². The molecule has 7 heteroatoms. The van der Waals surface area contributed by atoms with Gasteiger partial charge in [0.1, 0.15) is 5.75 Å². The molecule has 2 amide bonds. The maximum absolute atomic E-state index is 12.7. The Morgan fingerprint density at radius 1 is 1.17 bits per heavy atom. The van der Waals surface area contributed by atoms with Crippen molar-refractivity contribution in [1.29, 1.82) is 0 Å². The molecule has 0 saturated heterocycles. The Bertz CT molecular complexity index is 1020. The Morgan fingerprint density at radius 3 is 2.69 bits per heavy atom. The highest BCUT2D eigenvalue weighted by atomic mass is 16.5. The molecule has 1 aromatic heterocycles. The smallest absolute Gasteiger partial charge is 0.317 e. The number of amides is 2. The molecule has 0 radical (unpaired) electrons. The maximum Gasteiger partial charge on any atom is 0.317 e. The van der Waals surface area contributed by atoms with Crippen molar-refractivity contribution < 1.29 is 14.6 Å². The van der Waals surface area contributed by atoms with Crippen molar-refractivity contribution in [1.82, 2.24) is 15.2 Å². The molecule has 0 aliphatic heterocycles. The molecule has 0 fully saturated rings. The lowest BCUT2D eigenvalue weighted by Gasteiger charge is -2.23. The van der Waals surface area contributed by atoms with E-state index < -0.39 is 0 Å². The summed E-state index contributed by atoms with van der Waals surface area (Å²) in [4.78, 5) is 29.6. The SMILES string of the molecule is COc1ccc2[nH]c(=O)c(CN(CCCO)C(=O)NCc3ccccc3)cc2c1. The fraction of sp³-hybridized carbons (Fsp3) is 0.273. The summed E-state index contributed by atoms with van der Waals surface area (Å²) < 4.78 is 5.24. The Kier molecular flexibility index (Phi) is 6.86. The first-order valence-electron chi connectivity index (χ1n) is 9.48. The third kappa shape index (κ3) is 5.36. The summed E-state index contributed by atoms with van der Waals surface area (Å²) in [7, 11) is 1.58. The summed E-state index contributed by atoms with van der Waals surface area (Å²) in [6.07, 6.45) is 0.429. The van der Waals surface area contributed by atoms with Gasteiger partial charge in [0.25, 0.3) is 5.56 Å². The van der Waals surface area contributed by atoms with E-state index in [0.29, 0.717) is 36.3 Å². The number of hydrogen-bond donors (Lipinski definition) is 3. The van der Waals surface area contributed by atoms with Crippen LogP contribution in [0, 0.1) is 0 Å². The van der Waals surface area contributed by atoms with Crippen LogP contribution < -0.4 is 15.6 Å². The molecule has 0 atom stereocenters. The molecule has 3 aromatic rings. The molecule has 0 aliphatic rings. The second-order valence-electron chi connectivity index (χ2n) is 6.72. The van der Waals surface area contributed by atoms with Gasteiger partial charge in [-0.25, -0.2) is 4.79 Å². The van der Waals surface area contributed by atoms with E-state index in [9.17, 15) is 14.7 Å². The van der Waals surface area contributed by atoms with E-state index in [4.69, 9.17) is 4.74 Å². The first kappa shape index (κ1) is 20.4. The zero-order valence-corrected chi connectivity index (χ0v) is 16.4. The first-order chi connectivity index (χ1) is 14.1. The number of aromatic nitrogens is 1. The van der Waals surface area contributed by atoms with Gasteiger partial charge in [-0.3, -0.25) is 4.79 Å². The number of carbonyl (C=O) groups excluding carboxylic acids is 1. The molecule has 0 aliphatic carbocycles. The largest absolute Gasteiger partial charge is 0.497 e. The summed E-state index contributed by atoms with van der Waals surface area (Å²) in [5, 5.41) is 12.9. The number of pyridine rings is 1. The molecule has 1 heterocycles. The van der Waals surface area contributed by atoms with E-state index in [1.807, 2.05) is 36.4 Å². The number of nitrogens with one attached hydrogen (secondary N) is 2. The van der Waals surface area contributed by atoms with Crippen molar-refractivity contribution >= 4 is 16.9 Å². The molecule has 7 nitrogen and oxygen atoms in total. The van der Waals surface area contributed by atoms with E-state index in [1.54, 1.807) is 25.3 Å². The standard InChI is InChI=1S/C22H25N3O4/c1-29-19-8-9-20-17(13-19)12-18(21(27)24-20)15-25(10-5-11-26)22(28)23-14-16-6-3-2-4-7-16/h2-4,6-9,12-13,26H,5,10-11,14-15H2,1H3,(H,23,28)(H,24,27). The van der Waals surface area contributed by atoms with Crippen LogP contribution in [0.1, 0.15) is 17.5 Å². The summed E-state index contributed by atoms with van der Waals surface area (Å²) >= 11 is 0. The molecular formula is C22H25N3O4. The fourth-order valence-corrected chi connectivity index (χ4v) is 3.08. The van der Waals surface area contributed by atoms with Crippen LogP contribution in [0.4, 0.5) is 4.79 Å². The first-order valence-corrected chi connectivity index (χ1v) is 9.48. The van der Waals surface area contributed by atoms with Gasteiger partial charge in [0.2, 0.25) is 0 Å². The van der Waals surface area contributed by atoms with Crippen LogP contribution >= 0.6 is 0 Å². The second kappa shape index (κ2) is 9.75. The Morgan fingerprint density at radius 2 is 1.97 bits per heavy atom. The van der Waals surface area contributed by atoms with E-state index >= 15 is 0 Å². The third-order valence-electron chi connectivity index (χ3n) is 4.65. The molecule has 3 N–H and O–H groups in total. The zero-order chi connectivity index (χ0) is 20.6. The summed E-state index contributed by atoms with van der Waals surface area (Å²) in [6.45, 7) is 0.837. The topological polar surface area (TPSA) is 94.7 Å². The Labute approximate surface area is 168 Å². The summed E-state index contributed by atoms with van der Waals surface area (Å²) in [5.74, 6) is 0.688. The number of methoxy groups -OCH3 is 1. The number of ether oxygens (including phenoxy) is 1. The Balaban J connectivity index is 1.79. The second-order valence-corrected chi connectivity index (χ2v) is 6.72. The quantitative estimate of drug-likeness (QED) is 0.546. The zero-order valence-electron chi connectivity index (χ0n) is 16.4. The molecule has 0 saturated carbocycles. The summed E-state index contributed by atoms with van der Waals surface area (Å²) in [6, 6.07) is 16.5.